The van der Waals surface area contributed by atoms with E-state index in [-0.39, 0.29) is 24.6 Å². The number of nitrogens with one attached hydrogen (secondary N) is 1. The van der Waals surface area contributed by atoms with Crippen molar-refractivity contribution in [2.24, 2.45) is 0 Å². The van der Waals surface area contributed by atoms with Crippen molar-refractivity contribution in [3.63, 3.8) is 0 Å². The highest BCUT2D eigenvalue weighted by Crippen LogP contribution is 2.22. The van der Waals surface area contributed by atoms with E-state index in [1.165, 1.54) is 10.9 Å². The summed E-state index contributed by atoms with van der Waals surface area (Å²) in [6, 6.07) is 16.8. The number of rotatable bonds is 8. The Balaban J connectivity index is 1.81. The average Bonchev–Trinajstić information content (AvgIpc) is 3.16. The van der Waals surface area contributed by atoms with Gasteiger partial charge in [-0.05, 0) is 37.1 Å². The fraction of sp³-hybridized carbons (Fsp3) is 0.227. The van der Waals surface area contributed by atoms with Gasteiger partial charge in [-0.2, -0.15) is 5.10 Å². The Kier molecular flexibility index (Phi) is 6.63. The normalized spacial score (nSPS) is 10.4. The molecule has 2 aromatic carbocycles. The van der Waals surface area contributed by atoms with Crippen LogP contribution in [0.1, 0.15) is 29.8 Å². The van der Waals surface area contributed by atoms with Gasteiger partial charge in [-0.15, -0.1) is 0 Å². The minimum atomic E-state index is -0.553. The van der Waals surface area contributed by atoms with Crippen LogP contribution in [-0.2, 0) is 16.0 Å². The molecular formula is C22H23N3O4. The van der Waals surface area contributed by atoms with Gasteiger partial charge in [0.25, 0.3) is 5.91 Å². The summed E-state index contributed by atoms with van der Waals surface area (Å²) in [4.78, 5) is 24.9. The van der Waals surface area contributed by atoms with Gasteiger partial charge in [0.15, 0.2) is 12.4 Å². The number of aryl methyl sites for hydroxylation is 1. The molecule has 150 valence electrons. The maximum absolute atomic E-state index is 12.6. The molecule has 0 saturated heterocycles. The Bertz CT molecular complexity index is 983. The van der Waals surface area contributed by atoms with Crippen LogP contribution in [0.25, 0.3) is 5.69 Å². The quantitative estimate of drug-likeness (QED) is 0.591. The number of anilines is 1. The topological polar surface area (TPSA) is 82.5 Å². The number of carbonyl (C=O) groups is 2. The number of carbonyl (C=O) groups excluding carboxylic acids is 2. The van der Waals surface area contributed by atoms with Gasteiger partial charge in [0.2, 0.25) is 0 Å². The number of hydrogen-bond donors (Lipinski definition) is 1. The van der Waals surface area contributed by atoms with Gasteiger partial charge >= 0.3 is 5.97 Å². The van der Waals surface area contributed by atoms with Gasteiger partial charge in [-0.25, -0.2) is 9.48 Å². The zero-order valence-electron chi connectivity index (χ0n) is 16.4. The van der Waals surface area contributed by atoms with Crippen molar-refractivity contribution in [2.75, 3.05) is 18.5 Å². The Morgan fingerprint density at radius 3 is 2.48 bits per heavy atom. The highest BCUT2D eigenvalue weighted by Gasteiger charge is 2.21. The molecule has 0 spiro atoms. The Morgan fingerprint density at radius 1 is 1.03 bits per heavy atom. The molecule has 0 atom stereocenters. The molecule has 0 saturated carbocycles. The van der Waals surface area contributed by atoms with Gasteiger partial charge in [-0.3, -0.25) is 4.79 Å². The molecule has 3 rings (SSSR count). The number of amides is 1. The molecule has 3 aromatic rings. The first-order valence-electron chi connectivity index (χ1n) is 9.45. The molecule has 1 amide bonds. The largest absolute Gasteiger partial charge is 0.483 e. The van der Waals surface area contributed by atoms with Crippen molar-refractivity contribution in [3.05, 3.63) is 71.9 Å². The first-order chi connectivity index (χ1) is 14.1. The van der Waals surface area contributed by atoms with Gasteiger partial charge in [0, 0.05) is 0 Å². The summed E-state index contributed by atoms with van der Waals surface area (Å²) in [5.74, 6) is -0.0549. The Hall–Kier alpha value is -3.61. The molecule has 1 N–H and O–H groups in total. The molecule has 1 heterocycles. The van der Waals surface area contributed by atoms with Crippen molar-refractivity contribution < 1.29 is 19.1 Å². The minimum absolute atomic E-state index is 0.179. The van der Waals surface area contributed by atoms with Crippen molar-refractivity contribution in [1.29, 1.82) is 0 Å². The second-order valence-corrected chi connectivity index (χ2v) is 6.17. The number of aromatic nitrogens is 2. The van der Waals surface area contributed by atoms with Crippen LogP contribution in [0, 0.1) is 0 Å². The van der Waals surface area contributed by atoms with Crippen LogP contribution in [0.15, 0.2) is 60.8 Å². The predicted molar refractivity (Wildman–Crippen MR) is 109 cm³/mol. The van der Waals surface area contributed by atoms with Crippen molar-refractivity contribution >= 4 is 17.7 Å². The highest BCUT2D eigenvalue weighted by molar-refractivity contribution is 6.00. The summed E-state index contributed by atoms with van der Waals surface area (Å²) in [6.45, 7) is 3.77. The van der Waals surface area contributed by atoms with Gasteiger partial charge in [-0.1, -0.05) is 43.3 Å². The third kappa shape index (κ3) is 4.82. The summed E-state index contributed by atoms with van der Waals surface area (Å²) in [6.07, 6.45) is 2.18. The second kappa shape index (κ2) is 9.54. The Morgan fingerprint density at radius 2 is 1.76 bits per heavy atom. The van der Waals surface area contributed by atoms with Crippen molar-refractivity contribution in [1.82, 2.24) is 9.78 Å². The van der Waals surface area contributed by atoms with Crippen LogP contribution in [0.2, 0.25) is 0 Å². The molecule has 7 nitrogen and oxygen atoms in total. The lowest BCUT2D eigenvalue weighted by Crippen LogP contribution is -2.23. The van der Waals surface area contributed by atoms with Crippen molar-refractivity contribution in [2.45, 2.75) is 20.3 Å². The van der Waals surface area contributed by atoms with Crippen LogP contribution in [0.3, 0.4) is 0 Å². The molecule has 0 aliphatic rings. The van der Waals surface area contributed by atoms with Crippen LogP contribution in [0.5, 0.6) is 5.75 Å². The zero-order chi connectivity index (χ0) is 20.6. The van der Waals surface area contributed by atoms with Gasteiger partial charge in [0.05, 0.1) is 18.5 Å². The van der Waals surface area contributed by atoms with Crippen LogP contribution < -0.4 is 10.1 Å². The van der Waals surface area contributed by atoms with E-state index in [1.807, 2.05) is 61.5 Å². The summed E-state index contributed by atoms with van der Waals surface area (Å²) in [7, 11) is 0. The summed E-state index contributed by atoms with van der Waals surface area (Å²) in [5.41, 5.74) is 1.90. The number of para-hydroxylation sites is 2. The molecule has 29 heavy (non-hydrogen) atoms. The molecular weight excluding hydrogens is 370 g/mol. The lowest BCUT2D eigenvalue weighted by molar-refractivity contribution is -0.118. The molecule has 0 fully saturated rings. The van der Waals surface area contributed by atoms with E-state index in [9.17, 15) is 9.59 Å². The molecule has 0 aliphatic carbocycles. The summed E-state index contributed by atoms with van der Waals surface area (Å²) >= 11 is 0. The minimum Gasteiger partial charge on any atom is -0.483 e. The summed E-state index contributed by atoms with van der Waals surface area (Å²) in [5, 5.41) is 6.99. The van der Waals surface area contributed by atoms with E-state index in [4.69, 9.17) is 9.47 Å². The SMILES string of the molecule is CCOC(=O)c1cnn(-c2ccccc2)c1NC(=O)COc1ccccc1CC. The number of nitrogens with zero attached hydrogens (tertiary/aromatic N) is 2. The first-order valence-corrected chi connectivity index (χ1v) is 9.45. The number of esters is 1. The van der Waals surface area contributed by atoms with E-state index in [0.717, 1.165) is 12.0 Å². The number of benzene rings is 2. The van der Waals surface area contributed by atoms with Gasteiger partial charge in [0.1, 0.15) is 11.3 Å². The first kappa shape index (κ1) is 20.1. The van der Waals surface area contributed by atoms with E-state index < -0.39 is 11.9 Å². The lowest BCUT2D eigenvalue weighted by atomic mass is 10.1. The van der Waals surface area contributed by atoms with Crippen molar-refractivity contribution in [3.8, 4) is 11.4 Å². The number of hydrogen-bond acceptors (Lipinski definition) is 5. The van der Waals surface area contributed by atoms with E-state index in [2.05, 4.69) is 10.4 Å². The molecule has 0 unspecified atom stereocenters. The van der Waals surface area contributed by atoms with Gasteiger partial charge < -0.3 is 14.8 Å². The lowest BCUT2D eigenvalue weighted by Gasteiger charge is -2.13. The standard InChI is InChI=1S/C22H23N3O4/c1-3-16-10-8-9-13-19(16)29-15-20(26)24-21-18(22(27)28-4-2)14-23-25(21)17-11-6-5-7-12-17/h5-14H,3-4,15H2,1-2H3,(H,24,26). The molecule has 0 radical (unpaired) electrons. The maximum Gasteiger partial charge on any atom is 0.343 e. The monoisotopic (exact) mass is 393 g/mol. The van der Waals surface area contributed by atoms with E-state index >= 15 is 0 Å². The smallest absolute Gasteiger partial charge is 0.343 e. The fourth-order valence-electron chi connectivity index (χ4n) is 2.84. The van der Waals surface area contributed by atoms with Crippen LogP contribution in [0.4, 0.5) is 5.82 Å². The molecule has 0 aliphatic heterocycles. The third-order valence-electron chi connectivity index (χ3n) is 4.24. The maximum atomic E-state index is 12.6. The van der Waals surface area contributed by atoms with E-state index in [1.54, 1.807) is 6.92 Å². The van der Waals surface area contributed by atoms with E-state index in [0.29, 0.717) is 11.4 Å². The third-order valence-corrected chi connectivity index (χ3v) is 4.24. The fourth-order valence-corrected chi connectivity index (χ4v) is 2.84. The molecule has 7 heteroatoms. The van der Waals surface area contributed by atoms with Crippen LogP contribution >= 0.6 is 0 Å². The molecule has 1 aromatic heterocycles. The molecule has 0 bridgehead atoms. The predicted octanol–water partition coefficient (Wildman–Crippen LogP) is 3.63. The van der Waals surface area contributed by atoms with Crippen LogP contribution in [-0.4, -0.2) is 34.9 Å². The second-order valence-electron chi connectivity index (χ2n) is 6.17. The Labute approximate surface area is 169 Å². The average molecular weight is 393 g/mol. The summed E-state index contributed by atoms with van der Waals surface area (Å²) < 4.78 is 12.2. The highest BCUT2D eigenvalue weighted by atomic mass is 16.5. The zero-order valence-corrected chi connectivity index (χ0v) is 16.4. The number of ether oxygens (including phenoxy) is 2.